The molecule has 0 spiro atoms. The number of anilines is 1. The van der Waals surface area contributed by atoms with Crippen molar-refractivity contribution < 1.29 is 31.9 Å². The molecule has 2 aromatic rings. The molecule has 1 atom stereocenters. The summed E-state index contributed by atoms with van der Waals surface area (Å²) in [6, 6.07) is 5.58. The lowest BCUT2D eigenvalue weighted by atomic mass is 10.2. The fourth-order valence-electron chi connectivity index (χ4n) is 1.92. The highest BCUT2D eigenvalue weighted by molar-refractivity contribution is 9.10. The van der Waals surface area contributed by atoms with Crippen LogP contribution in [0.25, 0.3) is 6.08 Å². The molecule has 0 fully saturated rings. The average Bonchev–Trinajstić information content (AvgIpc) is 2.62. The van der Waals surface area contributed by atoms with Crippen molar-refractivity contribution in [1.82, 2.24) is 0 Å². The van der Waals surface area contributed by atoms with Crippen molar-refractivity contribution in [3.8, 4) is 0 Å². The third kappa shape index (κ3) is 5.40. The van der Waals surface area contributed by atoms with Gasteiger partial charge in [0.2, 0.25) is 0 Å². The topological polar surface area (TPSA) is 55.4 Å². The van der Waals surface area contributed by atoms with E-state index in [1.807, 2.05) is 5.32 Å². The highest BCUT2D eigenvalue weighted by atomic mass is 79.9. The van der Waals surface area contributed by atoms with Gasteiger partial charge in [0.15, 0.2) is 23.6 Å². The summed E-state index contributed by atoms with van der Waals surface area (Å²) in [5.41, 5.74) is -0.490. The van der Waals surface area contributed by atoms with Crippen LogP contribution in [-0.4, -0.2) is 18.0 Å². The fourth-order valence-corrected chi connectivity index (χ4v) is 2.30. The maximum absolute atomic E-state index is 13.6. The van der Waals surface area contributed by atoms with Gasteiger partial charge in [0, 0.05) is 16.1 Å². The van der Waals surface area contributed by atoms with Crippen molar-refractivity contribution in [3.63, 3.8) is 0 Å². The zero-order chi connectivity index (χ0) is 20.1. The van der Waals surface area contributed by atoms with Crippen LogP contribution >= 0.6 is 15.9 Å². The molecule has 2 rings (SSSR count). The summed E-state index contributed by atoms with van der Waals surface area (Å²) in [4.78, 5) is 23.6. The lowest BCUT2D eigenvalue weighted by Gasteiger charge is -2.13. The van der Waals surface area contributed by atoms with Gasteiger partial charge in [0.1, 0.15) is 5.82 Å². The van der Waals surface area contributed by atoms with Crippen LogP contribution in [0.3, 0.4) is 0 Å². The molecule has 2 aromatic carbocycles. The van der Waals surface area contributed by atoms with Crippen LogP contribution < -0.4 is 5.32 Å². The van der Waals surface area contributed by atoms with E-state index in [1.165, 1.54) is 25.1 Å². The Bertz CT molecular complexity index is 918. The molecule has 1 amide bonds. The van der Waals surface area contributed by atoms with E-state index >= 15 is 0 Å². The van der Waals surface area contributed by atoms with E-state index in [1.54, 1.807) is 0 Å². The van der Waals surface area contributed by atoms with E-state index in [0.29, 0.717) is 10.5 Å². The Labute approximate surface area is 160 Å². The standard InChI is InChI=1S/C18H12BrF4NO3/c1-9(18(26)24-14-6-5-13(21)16(22)17(14)23)27-15(25)7-2-10-8-11(19)3-4-12(10)20/h2-9H,1H3,(H,24,26)/b7-2+. The van der Waals surface area contributed by atoms with E-state index in [0.717, 1.165) is 18.2 Å². The van der Waals surface area contributed by atoms with Crippen molar-refractivity contribution >= 4 is 39.6 Å². The number of amides is 1. The average molecular weight is 446 g/mol. The Kier molecular flexibility index (Phi) is 6.73. The number of carbonyl (C=O) groups is 2. The van der Waals surface area contributed by atoms with Crippen LogP contribution in [-0.2, 0) is 14.3 Å². The summed E-state index contributed by atoms with van der Waals surface area (Å²) in [5.74, 6) is -7.21. The van der Waals surface area contributed by atoms with E-state index < -0.39 is 46.9 Å². The predicted molar refractivity (Wildman–Crippen MR) is 93.6 cm³/mol. The minimum atomic E-state index is -1.74. The summed E-state index contributed by atoms with van der Waals surface area (Å²) in [7, 11) is 0. The molecular formula is C18H12BrF4NO3. The van der Waals surface area contributed by atoms with Crippen LogP contribution in [0.2, 0.25) is 0 Å². The second-order valence-electron chi connectivity index (χ2n) is 5.29. The normalized spacial score (nSPS) is 12.1. The highest BCUT2D eigenvalue weighted by Crippen LogP contribution is 2.20. The molecule has 0 saturated heterocycles. The Balaban J connectivity index is 1.99. The maximum Gasteiger partial charge on any atom is 0.331 e. The molecule has 1 unspecified atom stereocenters. The summed E-state index contributed by atoms with van der Waals surface area (Å²) in [6.45, 7) is 1.19. The largest absolute Gasteiger partial charge is 0.449 e. The van der Waals surface area contributed by atoms with E-state index in [2.05, 4.69) is 15.9 Å². The quantitative estimate of drug-likeness (QED) is 0.317. The van der Waals surface area contributed by atoms with Gasteiger partial charge in [-0.15, -0.1) is 0 Å². The van der Waals surface area contributed by atoms with E-state index in [-0.39, 0.29) is 5.56 Å². The van der Waals surface area contributed by atoms with Crippen LogP contribution in [0.1, 0.15) is 12.5 Å². The van der Waals surface area contributed by atoms with Crippen LogP contribution in [0.15, 0.2) is 40.9 Å². The molecule has 0 aliphatic rings. The second kappa shape index (κ2) is 8.81. The summed E-state index contributed by atoms with van der Waals surface area (Å²) < 4.78 is 58.5. The minimum absolute atomic E-state index is 0.113. The number of esters is 1. The zero-order valence-electron chi connectivity index (χ0n) is 13.7. The minimum Gasteiger partial charge on any atom is -0.449 e. The van der Waals surface area contributed by atoms with Crippen LogP contribution in [0, 0.1) is 23.3 Å². The van der Waals surface area contributed by atoms with Crippen molar-refractivity contribution in [2.24, 2.45) is 0 Å². The van der Waals surface area contributed by atoms with Gasteiger partial charge in [-0.05, 0) is 43.3 Å². The van der Waals surface area contributed by atoms with Crippen LogP contribution in [0.4, 0.5) is 23.2 Å². The number of hydrogen-bond donors (Lipinski definition) is 1. The Hall–Kier alpha value is -2.68. The number of halogens is 5. The Morgan fingerprint density at radius 2 is 1.74 bits per heavy atom. The van der Waals surface area contributed by atoms with Gasteiger partial charge in [-0.25, -0.2) is 22.4 Å². The number of rotatable bonds is 5. The van der Waals surface area contributed by atoms with E-state index in [9.17, 15) is 27.2 Å². The molecular weight excluding hydrogens is 434 g/mol. The van der Waals surface area contributed by atoms with Crippen molar-refractivity contribution in [2.45, 2.75) is 13.0 Å². The van der Waals surface area contributed by atoms with Gasteiger partial charge in [-0.1, -0.05) is 15.9 Å². The monoisotopic (exact) mass is 445 g/mol. The molecule has 142 valence electrons. The van der Waals surface area contributed by atoms with Crippen molar-refractivity contribution in [2.75, 3.05) is 5.32 Å². The Morgan fingerprint density at radius 3 is 2.44 bits per heavy atom. The molecule has 0 radical (unpaired) electrons. The van der Waals surface area contributed by atoms with Gasteiger partial charge in [-0.2, -0.15) is 0 Å². The fraction of sp³-hybridized carbons (Fsp3) is 0.111. The lowest BCUT2D eigenvalue weighted by Crippen LogP contribution is -2.29. The summed E-state index contributed by atoms with van der Waals surface area (Å²) >= 11 is 3.16. The molecule has 0 aromatic heterocycles. The molecule has 0 saturated carbocycles. The molecule has 27 heavy (non-hydrogen) atoms. The molecule has 0 bridgehead atoms. The first-order valence-corrected chi connectivity index (χ1v) is 8.26. The Morgan fingerprint density at radius 1 is 1.07 bits per heavy atom. The number of benzene rings is 2. The summed E-state index contributed by atoms with van der Waals surface area (Å²) in [6.07, 6.45) is 0.691. The van der Waals surface area contributed by atoms with Crippen molar-refractivity contribution in [3.05, 3.63) is 69.7 Å². The molecule has 1 N–H and O–H groups in total. The first-order chi connectivity index (χ1) is 12.7. The maximum atomic E-state index is 13.6. The smallest absolute Gasteiger partial charge is 0.331 e. The highest BCUT2D eigenvalue weighted by Gasteiger charge is 2.20. The first-order valence-electron chi connectivity index (χ1n) is 7.47. The molecule has 0 aliphatic carbocycles. The van der Waals surface area contributed by atoms with Gasteiger partial charge in [0.25, 0.3) is 5.91 Å². The van der Waals surface area contributed by atoms with Gasteiger partial charge in [-0.3, -0.25) is 4.79 Å². The molecule has 0 heterocycles. The number of carbonyl (C=O) groups excluding carboxylic acids is 2. The third-order valence-corrected chi connectivity index (χ3v) is 3.81. The molecule has 4 nitrogen and oxygen atoms in total. The van der Waals surface area contributed by atoms with Crippen LogP contribution in [0.5, 0.6) is 0 Å². The summed E-state index contributed by atoms with van der Waals surface area (Å²) in [5, 5.41) is 1.99. The third-order valence-electron chi connectivity index (χ3n) is 3.31. The SMILES string of the molecule is CC(OC(=O)/C=C/c1cc(Br)ccc1F)C(=O)Nc1ccc(F)c(F)c1F. The zero-order valence-corrected chi connectivity index (χ0v) is 15.3. The number of hydrogen-bond acceptors (Lipinski definition) is 3. The molecule has 9 heteroatoms. The number of nitrogens with one attached hydrogen (secondary N) is 1. The number of ether oxygens (including phenoxy) is 1. The lowest BCUT2D eigenvalue weighted by molar-refractivity contribution is -0.148. The van der Waals surface area contributed by atoms with Gasteiger partial charge < -0.3 is 10.1 Å². The first kappa shape index (κ1) is 20.6. The molecule has 0 aliphatic heterocycles. The van der Waals surface area contributed by atoms with Crippen molar-refractivity contribution in [1.29, 1.82) is 0 Å². The second-order valence-corrected chi connectivity index (χ2v) is 6.21. The predicted octanol–water partition coefficient (Wildman–Crippen LogP) is 4.59. The van der Waals surface area contributed by atoms with E-state index in [4.69, 9.17) is 4.74 Å². The van der Waals surface area contributed by atoms with Gasteiger partial charge in [0.05, 0.1) is 5.69 Å². The van der Waals surface area contributed by atoms with Gasteiger partial charge >= 0.3 is 5.97 Å².